The van der Waals surface area contributed by atoms with Crippen molar-refractivity contribution >= 4 is 11.7 Å². The van der Waals surface area contributed by atoms with Gasteiger partial charge in [0, 0.05) is 31.5 Å². The molecule has 0 radical (unpaired) electrons. The van der Waals surface area contributed by atoms with Gasteiger partial charge in [-0.15, -0.1) is 10.2 Å². The number of hydrogen-bond donors (Lipinski definition) is 1. The van der Waals surface area contributed by atoms with E-state index in [9.17, 15) is 4.79 Å². The maximum atomic E-state index is 12.1. The van der Waals surface area contributed by atoms with Crippen LogP contribution in [0.25, 0.3) is 0 Å². The summed E-state index contributed by atoms with van der Waals surface area (Å²) in [6.45, 7) is 10.7. The number of carbonyl (C=O) groups is 1. The van der Waals surface area contributed by atoms with Crippen molar-refractivity contribution < 1.29 is 9.21 Å². The zero-order chi connectivity index (χ0) is 19.4. The predicted octanol–water partition coefficient (Wildman–Crippen LogP) is 3.21. The Balaban J connectivity index is 1.53. The molecule has 3 heterocycles. The van der Waals surface area contributed by atoms with E-state index in [0.717, 1.165) is 31.7 Å². The fourth-order valence-electron chi connectivity index (χ4n) is 3.35. The van der Waals surface area contributed by atoms with Crippen LogP contribution in [0.3, 0.4) is 0 Å². The van der Waals surface area contributed by atoms with Gasteiger partial charge < -0.3 is 9.73 Å². The highest BCUT2D eigenvalue weighted by atomic mass is 16.4. The highest BCUT2D eigenvalue weighted by Crippen LogP contribution is 2.26. The zero-order valence-electron chi connectivity index (χ0n) is 16.7. The smallest absolute Gasteiger partial charge is 0.230 e. The van der Waals surface area contributed by atoms with Crippen LogP contribution in [-0.4, -0.2) is 43.9 Å². The lowest BCUT2D eigenvalue weighted by molar-refractivity contribution is -0.116. The van der Waals surface area contributed by atoms with Crippen molar-refractivity contribution in [3.8, 4) is 0 Å². The van der Waals surface area contributed by atoms with Crippen LogP contribution in [0.5, 0.6) is 0 Å². The molecule has 0 atom stereocenters. The van der Waals surface area contributed by atoms with E-state index in [1.54, 1.807) is 6.20 Å². The molecule has 148 valence electrons. The van der Waals surface area contributed by atoms with Crippen LogP contribution in [0.1, 0.15) is 70.7 Å². The Morgan fingerprint density at radius 1 is 1.26 bits per heavy atom. The second-order valence-corrected chi connectivity index (χ2v) is 8.00. The molecule has 0 aliphatic carbocycles. The van der Waals surface area contributed by atoms with Crippen LogP contribution in [0.2, 0.25) is 0 Å². The minimum absolute atomic E-state index is 0.0431. The first-order chi connectivity index (χ1) is 12.9. The van der Waals surface area contributed by atoms with E-state index >= 15 is 0 Å². The van der Waals surface area contributed by atoms with E-state index in [0.29, 0.717) is 36.7 Å². The van der Waals surface area contributed by atoms with E-state index in [1.807, 2.05) is 38.4 Å². The monoisotopic (exact) mass is 374 g/mol. The first-order valence-corrected chi connectivity index (χ1v) is 9.80. The van der Waals surface area contributed by atoms with E-state index < -0.39 is 0 Å². The van der Waals surface area contributed by atoms with E-state index in [2.05, 4.69) is 25.5 Å². The van der Waals surface area contributed by atoms with Gasteiger partial charge in [0.05, 0.1) is 18.8 Å². The fraction of sp³-hybridized carbons (Fsp3) is 0.684. The summed E-state index contributed by atoms with van der Waals surface area (Å²) in [5, 5.41) is 15.7. The van der Waals surface area contributed by atoms with Gasteiger partial charge in [-0.3, -0.25) is 9.69 Å². The van der Waals surface area contributed by atoms with Crippen LogP contribution in [0.15, 0.2) is 16.7 Å². The molecule has 8 heteroatoms. The van der Waals surface area contributed by atoms with Crippen molar-refractivity contribution in [2.45, 2.75) is 65.5 Å². The number of anilines is 1. The Morgan fingerprint density at radius 3 is 2.63 bits per heavy atom. The van der Waals surface area contributed by atoms with Gasteiger partial charge in [0.15, 0.2) is 0 Å². The Labute approximate surface area is 160 Å². The van der Waals surface area contributed by atoms with Crippen LogP contribution in [-0.2, 0) is 11.3 Å². The van der Waals surface area contributed by atoms with Crippen molar-refractivity contribution in [3.05, 3.63) is 24.0 Å². The summed E-state index contributed by atoms with van der Waals surface area (Å²) in [7, 11) is 0. The Hall–Kier alpha value is -2.22. The van der Waals surface area contributed by atoms with Gasteiger partial charge in [0.2, 0.25) is 17.7 Å². The number of nitrogens with zero attached hydrogens (tertiary/aromatic N) is 5. The van der Waals surface area contributed by atoms with Crippen molar-refractivity contribution in [3.63, 3.8) is 0 Å². The number of rotatable bonds is 7. The van der Waals surface area contributed by atoms with E-state index in [4.69, 9.17) is 4.42 Å². The molecule has 1 saturated heterocycles. The Morgan fingerprint density at radius 2 is 2.00 bits per heavy atom. The predicted molar refractivity (Wildman–Crippen MR) is 102 cm³/mol. The van der Waals surface area contributed by atoms with E-state index in [1.165, 1.54) is 0 Å². The van der Waals surface area contributed by atoms with Crippen molar-refractivity contribution in [2.75, 3.05) is 18.4 Å². The molecule has 1 N–H and O–H groups in total. The molecule has 1 aliphatic heterocycles. The normalized spacial score (nSPS) is 16.4. The third kappa shape index (κ3) is 5.15. The second-order valence-electron chi connectivity index (χ2n) is 8.00. The minimum Gasteiger partial charge on any atom is -0.424 e. The van der Waals surface area contributed by atoms with Gasteiger partial charge in [0.25, 0.3) is 0 Å². The summed E-state index contributed by atoms with van der Waals surface area (Å²) < 4.78 is 7.67. The highest BCUT2D eigenvalue weighted by molar-refractivity contribution is 5.89. The first kappa shape index (κ1) is 19.5. The largest absolute Gasteiger partial charge is 0.424 e. The van der Waals surface area contributed by atoms with Crippen molar-refractivity contribution in [1.29, 1.82) is 0 Å². The lowest BCUT2D eigenvalue weighted by atomic mass is 10.1. The van der Waals surface area contributed by atoms with Gasteiger partial charge in [-0.2, -0.15) is 5.10 Å². The SMILES string of the molecule is CC(C)CC(=O)Nc1ccnn1C1CCN(Cc2nnc(C(C)C)o2)CC1. The molecule has 0 unspecified atom stereocenters. The van der Waals surface area contributed by atoms with Crippen LogP contribution in [0, 0.1) is 5.92 Å². The molecule has 8 nitrogen and oxygen atoms in total. The number of aromatic nitrogens is 4. The van der Waals surface area contributed by atoms with E-state index in [-0.39, 0.29) is 11.8 Å². The molecule has 1 fully saturated rings. The molecule has 1 amide bonds. The number of likely N-dealkylation sites (tertiary alicyclic amines) is 1. The van der Waals surface area contributed by atoms with Gasteiger partial charge in [-0.1, -0.05) is 27.7 Å². The summed E-state index contributed by atoms with van der Waals surface area (Å²) in [4.78, 5) is 14.4. The van der Waals surface area contributed by atoms with Crippen LogP contribution >= 0.6 is 0 Å². The average molecular weight is 374 g/mol. The van der Waals surface area contributed by atoms with Crippen molar-refractivity contribution in [1.82, 2.24) is 24.9 Å². The summed E-state index contributed by atoms with van der Waals surface area (Å²) in [5.74, 6) is 2.79. The van der Waals surface area contributed by atoms with Crippen LogP contribution < -0.4 is 5.32 Å². The summed E-state index contributed by atoms with van der Waals surface area (Å²) in [5.41, 5.74) is 0. The maximum Gasteiger partial charge on any atom is 0.230 e. The molecule has 2 aromatic heterocycles. The molecule has 27 heavy (non-hydrogen) atoms. The number of amides is 1. The quantitative estimate of drug-likeness (QED) is 0.800. The summed E-state index contributed by atoms with van der Waals surface area (Å²) in [6, 6.07) is 2.16. The molecular weight excluding hydrogens is 344 g/mol. The molecule has 0 spiro atoms. The lowest BCUT2D eigenvalue weighted by Crippen LogP contribution is -2.35. The molecular formula is C19H30N6O2. The van der Waals surface area contributed by atoms with Gasteiger partial charge in [-0.05, 0) is 18.8 Å². The van der Waals surface area contributed by atoms with Gasteiger partial charge in [0.1, 0.15) is 5.82 Å². The third-order valence-corrected chi connectivity index (χ3v) is 4.77. The molecule has 3 rings (SSSR count). The third-order valence-electron chi connectivity index (χ3n) is 4.77. The Bertz CT molecular complexity index is 743. The average Bonchev–Trinajstić information content (AvgIpc) is 3.24. The van der Waals surface area contributed by atoms with Crippen LogP contribution in [0.4, 0.5) is 5.82 Å². The zero-order valence-corrected chi connectivity index (χ0v) is 16.7. The molecule has 1 aliphatic rings. The first-order valence-electron chi connectivity index (χ1n) is 9.80. The number of nitrogens with one attached hydrogen (secondary N) is 1. The second kappa shape index (κ2) is 8.65. The molecule has 0 bridgehead atoms. The van der Waals surface area contributed by atoms with Gasteiger partial charge in [-0.25, -0.2) is 4.68 Å². The molecule has 2 aromatic rings. The molecule has 0 aromatic carbocycles. The highest BCUT2D eigenvalue weighted by Gasteiger charge is 2.24. The summed E-state index contributed by atoms with van der Waals surface area (Å²) in [6.07, 6.45) is 4.22. The number of carbonyl (C=O) groups excluding carboxylic acids is 1. The van der Waals surface area contributed by atoms with Crippen molar-refractivity contribution in [2.24, 2.45) is 5.92 Å². The lowest BCUT2D eigenvalue weighted by Gasteiger charge is -2.31. The minimum atomic E-state index is 0.0431. The standard InChI is InChI=1S/C19H30N6O2/c1-13(2)11-17(26)21-16-5-8-20-25(16)15-6-9-24(10-7-15)12-18-22-23-19(27-18)14(3)4/h5,8,13-15H,6-7,9-12H2,1-4H3,(H,21,26). The van der Waals surface area contributed by atoms with Gasteiger partial charge >= 0.3 is 0 Å². The number of piperidine rings is 1. The fourth-order valence-corrected chi connectivity index (χ4v) is 3.35. The molecule has 0 saturated carbocycles. The Kier molecular flexibility index (Phi) is 6.26. The summed E-state index contributed by atoms with van der Waals surface area (Å²) >= 11 is 0. The topological polar surface area (TPSA) is 89.1 Å². The number of hydrogen-bond acceptors (Lipinski definition) is 6. The maximum absolute atomic E-state index is 12.1.